The second-order valence-corrected chi connectivity index (χ2v) is 6.37. The van der Waals surface area contributed by atoms with Crippen LogP contribution in [-0.2, 0) is 4.79 Å². The lowest BCUT2D eigenvalue weighted by molar-refractivity contribution is -0.126. The molecule has 1 aromatic rings. The van der Waals surface area contributed by atoms with Crippen LogP contribution in [0, 0.1) is 5.82 Å². The third kappa shape index (κ3) is 4.00. The van der Waals surface area contributed by atoms with Crippen LogP contribution in [0.15, 0.2) is 24.3 Å². The summed E-state index contributed by atoms with van der Waals surface area (Å²) in [5, 5.41) is 6.39. The Morgan fingerprint density at radius 3 is 2.57 bits per heavy atom. The first-order valence-electron chi connectivity index (χ1n) is 8.39. The van der Waals surface area contributed by atoms with Gasteiger partial charge in [0.2, 0.25) is 5.91 Å². The molecule has 1 amide bonds. The highest BCUT2D eigenvalue weighted by atomic mass is 19.1. The van der Waals surface area contributed by atoms with Crippen molar-refractivity contribution in [1.29, 1.82) is 0 Å². The van der Waals surface area contributed by atoms with Crippen molar-refractivity contribution in [1.82, 2.24) is 15.5 Å². The molecule has 0 radical (unpaired) electrons. The summed E-state index contributed by atoms with van der Waals surface area (Å²) in [7, 11) is 0. The van der Waals surface area contributed by atoms with Crippen molar-refractivity contribution >= 4 is 11.6 Å². The SMILES string of the molecule is CC(C(=O)NC1CCNC1)N1CCN(c2ccc(F)cc2)CC1. The van der Waals surface area contributed by atoms with Crippen LogP contribution >= 0.6 is 0 Å². The fourth-order valence-electron chi connectivity index (χ4n) is 3.28. The predicted octanol–water partition coefficient (Wildman–Crippen LogP) is 0.814. The van der Waals surface area contributed by atoms with Gasteiger partial charge < -0.3 is 15.5 Å². The number of rotatable bonds is 4. The number of hydrogen-bond donors (Lipinski definition) is 2. The molecular weight excluding hydrogens is 295 g/mol. The monoisotopic (exact) mass is 320 g/mol. The molecule has 1 aromatic carbocycles. The van der Waals surface area contributed by atoms with Gasteiger partial charge in [0.15, 0.2) is 0 Å². The molecule has 5 nitrogen and oxygen atoms in total. The number of benzene rings is 1. The molecule has 0 bridgehead atoms. The third-order valence-electron chi connectivity index (χ3n) is 4.84. The van der Waals surface area contributed by atoms with Gasteiger partial charge in [-0.15, -0.1) is 0 Å². The van der Waals surface area contributed by atoms with E-state index >= 15 is 0 Å². The highest BCUT2D eigenvalue weighted by Crippen LogP contribution is 2.18. The average Bonchev–Trinajstić information content (AvgIpc) is 3.08. The van der Waals surface area contributed by atoms with E-state index in [1.165, 1.54) is 12.1 Å². The van der Waals surface area contributed by atoms with Gasteiger partial charge in [-0.1, -0.05) is 0 Å². The van der Waals surface area contributed by atoms with E-state index in [9.17, 15) is 9.18 Å². The van der Waals surface area contributed by atoms with Gasteiger partial charge in [0.1, 0.15) is 5.82 Å². The van der Waals surface area contributed by atoms with E-state index in [1.807, 2.05) is 19.1 Å². The molecule has 3 rings (SSSR count). The van der Waals surface area contributed by atoms with Crippen molar-refractivity contribution in [2.75, 3.05) is 44.2 Å². The first-order chi connectivity index (χ1) is 11.1. The van der Waals surface area contributed by atoms with E-state index < -0.39 is 0 Å². The number of hydrogen-bond acceptors (Lipinski definition) is 4. The number of amides is 1. The number of carbonyl (C=O) groups is 1. The lowest BCUT2D eigenvalue weighted by atomic mass is 10.1. The normalized spacial score (nSPS) is 23.7. The minimum absolute atomic E-state index is 0.106. The van der Waals surface area contributed by atoms with E-state index in [4.69, 9.17) is 0 Å². The highest BCUT2D eigenvalue weighted by Gasteiger charge is 2.27. The number of nitrogens with one attached hydrogen (secondary N) is 2. The van der Waals surface area contributed by atoms with E-state index in [1.54, 1.807) is 0 Å². The molecule has 2 saturated heterocycles. The summed E-state index contributed by atoms with van der Waals surface area (Å²) in [4.78, 5) is 16.8. The molecule has 2 fully saturated rings. The summed E-state index contributed by atoms with van der Waals surface area (Å²) < 4.78 is 13.0. The molecule has 2 aliphatic heterocycles. The van der Waals surface area contributed by atoms with Crippen LogP contribution in [0.2, 0.25) is 0 Å². The third-order valence-corrected chi connectivity index (χ3v) is 4.84. The molecule has 6 heteroatoms. The van der Waals surface area contributed by atoms with Crippen LogP contribution in [0.5, 0.6) is 0 Å². The second kappa shape index (κ2) is 7.27. The Hall–Kier alpha value is -1.66. The number of nitrogens with zero attached hydrogens (tertiary/aromatic N) is 2. The molecule has 2 atom stereocenters. The van der Waals surface area contributed by atoms with Crippen molar-refractivity contribution < 1.29 is 9.18 Å². The highest BCUT2D eigenvalue weighted by molar-refractivity contribution is 5.81. The molecule has 2 unspecified atom stereocenters. The van der Waals surface area contributed by atoms with Gasteiger partial charge in [0.25, 0.3) is 0 Å². The van der Waals surface area contributed by atoms with Gasteiger partial charge in [-0.25, -0.2) is 4.39 Å². The van der Waals surface area contributed by atoms with Crippen LogP contribution in [0.1, 0.15) is 13.3 Å². The molecule has 0 spiro atoms. The fraction of sp³-hybridized carbons (Fsp3) is 0.588. The van der Waals surface area contributed by atoms with Crippen LogP contribution in [-0.4, -0.2) is 62.2 Å². The van der Waals surface area contributed by atoms with Crippen LogP contribution in [0.3, 0.4) is 0 Å². The van der Waals surface area contributed by atoms with E-state index in [0.717, 1.165) is 51.4 Å². The summed E-state index contributed by atoms with van der Waals surface area (Å²) in [5.74, 6) is -0.0898. The molecule has 0 saturated carbocycles. The molecule has 2 heterocycles. The molecule has 23 heavy (non-hydrogen) atoms. The van der Waals surface area contributed by atoms with Crippen molar-refractivity contribution in [2.24, 2.45) is 0 Å². The van der Waals surface area contributed by atoms with Crippen LogP contribution in [0.25, 0.3) is 0 Å². The Kier molecular flexibility index (Phi) is 5.13. The van der Waals surface area contributed by atoms with Crippen LogP contribution in [0.4, 0.5) is 10.1 Å². The van der Waals surface area contributed by atoms with Crippen molar-refractivity contribution in [2.45, 2.75) is 25.4 Å². The quantitative estimate of drug-likeness (QED) is 0.862. The fourth-order valence-corrected chi connectivity index (χ4v) is 3.28. The second-order valence-electron chi connectivity index (χ2n) is 6.37. The first kappa shape index (κ1) is 16.2. The van der Waals surface area contributed by atoms with Crippen molar-refractivity contribution in [3.05, 3.63) is 30.1 Å². The molecule has 0 aliphatic carbocycles. The van der Waals surface area contributed by atoms with E-state index in [2.05, 4.69) is 20.4 Å². The zero-order valence-electron chi connectivity index (χ0n) is 13.6. The van der Waals surface area contributed by atoms with Gasteiger partial charge in [0, 0.05) is 44.5 Å². The molecule has 126 valence electrons. The maximum Gasteiger partial charge on any atom is 0.237 e. The summed E-state index contributed by atoms with van der Waals surface area (Å²) in [5.41, 5.74) is 1.04. The van der Waals surface area contributed by atoms with Crippen molar-refractivity contribution in [3.63, 3.8) is 0 Å². The standard InChI is InChI=1S/C17H25FN4O/c1-13(17(23)20-15-6-7-19-12-15)21-8-10-22(11-9-21)16-4-2-14(18)3-5-16/h2-5,13,15,19H,6-12H2,1H3,(H,20,23). The summed E-state index contributed by atoms with van der Waals surface area (Å²) in [6.07, 6.45) is 1.01. The number of anilines is 1. The lowest BCUT2D eigenvalue weighted by Crippen LogP contribution is -2.55. The zero-order valence-corrected chi connectivity index (χ0v) is 13.6. The molecule has 2 N–H and O–H groups in total. The lowest BCUT2D eigenvalue weighted by Gasteiger charge is -2.38. The Morgan fingerprint density at radius 1 is 1.26 bits per heavy atom. The number of carbonyl (C=O) groups excluding carboxylic acids is 1. The molecular formula is C17H25FN4O. The zero-order chi connectivity index (χ0) is 16.2. The summed E-state index contributed by atoms with van der Waals surface area (Å²) in [6.45, 7) is 7.23. The Morgan fingerprint density at radius 2 is 1.96 bits per heavy atom. The minimum Gasteiger partial charge on any atom is -0.369 e. The van der Waals surface area contributed by atoms with E-state index in [-0.39, 0.29) is 23.8 Å². The average molecular weight is 320 g/mol. The maximum atomic E-state index is 13.0. The van der Waals surface area contributed by atoms with Crippen LogP contribution < -0.4 is 15.5 Å². The van der Waals surface area contributed by atoms with Gasteiger partial charge in [-0.05, 0) is 44.2 Å². The predicted molar refractivity (Wildman–Crippen MR) is 89.1 cm³/mol. The number of piperazine rings is 1. The molecule has 2 aliphatic rings. The Balaban J connectivity index is 1.49. The molecule has 0 aromatic heterocycles. The van der Waals surface area contributed by atoms with Gasteiger partial charge >= 0.3 is 0 Å². The summed E-state index contributed by atoms with van der Waals surface area (Å²) >= 11 is 0. The summed E-state index contributed by atoms with van der Waals surface area (Å²) in [6, 6.07) is 6.78. The van der Waals surface area contributed by atoms with Gasteiger partial charge in [-0.3, -0.25) is 9.69 Å². The smallest absolute Gasteiger partial charge is 0.237 e. The number of halogens is 1. The Labute approximate surface area is 136 Å². The van der Waals surface area contributed by atoms with Gasteiger partial charge in [0.05, 0.1) is 6.04 Å². The maximum absolute atomic E-state index is 13.0. The topological polar surface area (TPSA) is 47.6 Å². The largest absolute Gasteiger partial charge is 0.369 e. The van der Waals surface area contributed by atoms with Gasteiger partial charge in [-0.2, -0.15) is 0 Å². The Bertz CT molecular complexity index is 522. The first-order valence-corrected chi connectivity index (χ1v) is 8.39. The van der Waals surface area contributed by atoms with E-state index in [0.29, 0.717) is 0 Å². The minimum atomic E-state index is -0.209. The van der Waals surface area contributed by atoms with Crippen molar-refractivity contribution in [3.8, 4) is 0 Å².